The summed E-state index contributed by atoms with van der Waals surface area (Å²) in [5.41, 5.74) is 17.4. The predicted molar refractivity (Wildman–Crippen MR) is 314 cm³/mol. The number of thiophene rings is 4. The number of nitrogens with zero attached hydrogens (tertiary/aromatic N) is 3. The van der Waals surface area contributed by atoms with E-state index in [2.05, 4.69) is 191 Å². The van der Waals surface area contributed by atoms with E-state index in [1.807, 2.05) is 28.7 Å². The number of aryl methyl sites for hydroxylation is 1. The molecule has 2 aliphatic rings. The molecule has 0 bridgehead atoms. The average Bonchev–Trinajstić information content (AvgIpc) is 4.29. The molecule has 0 amide bonds. The summed E-state index contributed by atoms with van der Waals surface area (Å²) < 4.78 is 26.2. The zero-order valence-corrected chi connectivity index (χ0v) is 45.5. The van der Waals surface area contributed by atoms with Crippen LogP contribution in [0.1, 0.15) is 87.4 Å². The molecule has 5 heterocycles. The van der Waals surface area contributed by atoms with Crippen LogP contribution < -0.4 is 4.90 Å². The molecule has 0 atom stereocenters. The standard InChI is InChI=1S/C64H52FN3S5/c1-6-7-8-9-14-42-25-28-55(69-42)56-32-33-58(72-56)57-31-30-54(71-57)47-37-52(65)60(62-61(47)66-73-67-62)59-34-29-53(70-59)38-19-21-39(22-20-38)68(40-23-26-45-43-15-10-12-17-48(43)63(2,3)50(45)35-40)41-24-27-46-44-16-11-13-18-49(44)64(4,5)51(46)36-41/h10-13,15-37H,6-9,14H2,1-5H3. The summed E-state index contributed by atoms with van der Waals surface area (Å²) in [4.78, 5) is 11.8. The molecule has 6 aromatic carbocycles. The number of hydrogen-bond acceptors (Lipinski definition) is 8. The maximum Gasteiger partial charge on any atom is 0.134 e. The lowest BCUT2D eigenvalue weighted by atomic mass is 9.82. The van der Waals surface area contributed by atoms with E-state index in [9.17, 15) is 0 Å². The van der Waals surface area contributed by atoms with Crippen LogP contribution in [-0.2, 0) is 17.3 Å². The number of rotatable bonds is 13. The third kappa shape index (κ3) is 7.89. The van der Waals surface area contributed by atoms with E-state index >= 15 is 4.39 Å². The maximum atomic E-state index is 16.7. The second-order valence-electron chi connectivity index (χ2n) is 20.5. The molecule has 0 saturated carbocycles. The fraction of sp³-hybridized carbons (Fsp3) is 0.188. The highest BCUT2D eigenvalue weighted by molar-refractivity contribution is 7.27. The van der Waals surface area contributed by atoms with Gasteiger partial charge in [-0.25, -0.2) is 4.39 Å². The second kappa shape index (κ2) is 18.3. The molecule has 5 aromatic heterocycles. The highest BCUT2D eigenvalue weighted by Crippen LogP contribution is 2.54. The molecule has 73 heavy (non-hydrogen) atoms. The molecule has 3 nitrogen and oxygen atoms in total. The van der Waals surface area contributed by atoms with Gasteiger partial charge < -0.3 is 4.90 Å². The van der Waals surface area contributed by atoms with Crippen LogP contribution in [-0.4, -0.2) is 8.75 Å². The van der Waals surface area contributed by atoms with Crippen molar-refractivity contribution in [2.75, 3.05) is 4.90 Å². The number of hydrogen-bond donors (Lipinski definition) is 0. The van der Waals surface area contributed by atoms with E-state index in [0.717, 1.165) is 66.5 Å². The van der Waals surface area contributed by atoms with Crippen molar-refractivity contribution in [1.82, 2.24) is 8.75 Å². The Morgan fingerprint density at radius 2 is 0.945 bits per heavy atom. The molecule has 2 aliphatic carbocycles. The molecule has 0 radical (unpaired) electrons. The zero-order valence-electron chi connectivity index (χ0n) is 41.4. The van der Waals surface area contributed by atoms with Crippen molar-refractivity contribution in [3.8, 4) is 73.1 Å². The van der Waals surface area contributed by atoms with Crippen LogP contribution in [0.5, 0.6) is 0 Å². The third-order valence-corrected chi connectivity index (χ3v) is 20.7. The summed E-state index contributed by atoms with van der Waals surface area (Å²) in [5.74, 6) is -0.285. The first-order valence-electron chi connectivity index (χ1n) is 25.3. The first kappa shape index (κ1) is 46.5. The van der Waals surface area contributed by atoms with Crippen LogP contribution in [0, 0.1) is 5.82 Å². The lowest BCUT2D eigenvalue weighted by Crippen LogP contribution is -2.18. The third-order valence-electron chi connectivity index (χ3n) is 15.3. The monoisotopic (exact) mass is 1040 g/mol. The topological polar surface area (TPSA) is 29.0 Å². The van der Waals surface area contributed by atoms with E-state index in [1.165, 1.54) is 94.6 Å². The van der Waals surface area contributed by atoms with Crippen LogP contribution >= 0.6 is 57.1 Å². The summed E-state index contributed by atoms with van der Waals surface area (Å²) in [5, 5.41) is 0. The molecule has 11 aromatic rings. The maximum absolute atomic E-state index is 16.7. The number of halogens is 1. The SMILES string of the molecule is CCCCCCc1ccc(-c2ccc(-c3ccc(-c4cc(F)c(-c5ccc(-c6ccc(N(c7ccc8c(c7)C(C)(C)c7ccccc7-8)c7ccc8c(c7)C(C)(C)c7ccccc7-8)cc6)s5)c5nsnc45)s3)s2)s1. The predicted octanol–water partition coefficient (Wildman–Crippen LogP) is 20.6. The molecule has 0 spiro atoms. The molecule has 13 rings (SSSR count). The van der Waals surface area contributed by atoms with Crippen LogP contribution in [0.25, 0.3) is 84.1 Å². The average molecular weight is 1040 g/mol. The van der Waals surface area contributed by atoms with Gasteiger partial charge in [-0.3, -0.25) is 0 Å². The van der Waals surface area contributed by atoms with E-state index in [4.69, 9.17) is 8.75 Å². The molecule has 0 unspecified atom stereocenters. The Balaban J connectivity index is 0.800. The number of benzene rings is 6. The highest BCUT2D eigenvalue weighted by atomic mass is 32.1. The quantitative estimate of drug-likeness (QED) is 0.108. The molecule has 0 N–H and O–H groups in total. The van der Waals surface area contributed by atoms with Gasteiger partial charge in [0.1, 0.15) is 16.9 Å². The molecule has 9 heteroatoms. The van der Waals surface area contributed by atoms with Crippen molar-refractivity contribution >= 4 is 85.2 Å². The summed E-state index contributed by atoms with van der Waals surface area (Å²) in [7, 11) is 0. The van der Waals surface area contributed by atoms with Crippen molar-refractivity contribution in [1.29, 1.82) is 0 Å². The van der Waals surface area contributed by atoms with Crippen molar-refractivity contribution < 1.29 is 4.39 Å². The Bertz CT molecular complexity index is 3790. The van der Waals surface area contributed by atoms with E-state index < -0.39 is 0 Å². The van der Waals surface area contributed by atoms with Crippen LogP contribution in [0.3, 0.4) is 0 Å². The minimum atomic E-state index is -0.285. The van der Waals surface area contributed by atoms with Gasteiger partial charge in [0.05, 0.1) is 17.3 Å². The van der Waals surface area contributed by atoms with Crippen molar-refractivity contribution in [2.45, 2.75) is 77.6 Å². The minimum absolute atomic E-state index is 0.138. The second-order valence-corrected chi connectivity index (χ2v) is 25.4. The molecule has 0 saturated heterocycles. The molecular formula is C64H52FN3S5. The summed E-state index contributed by atoms with van der Waals surface area (Å²) in [6.07, 6.45) is 6.29. The Morgan fingerprint density at radius 1 is 0.438 bits per heavy atom. The molecule has 0 fully saturated rings. The van der Waals surface area contributed by atoms with Gasteiger partial charge in [-0.05, 0) is 154 Å². The van der Waals surface area contributed by atoms with E-state index in [-0.39, 0.29) is 16.6 Å². The Kier molecular flexibility index (Phi) is 11.6. The Hall–Kier alpha value is -6.33. The van der Waals surface area contributed by atoms with Crippen molar-refractivity contribution in [3.05, 3.63) is 197 Å². The van der Waals surface area contributed by atoms with Crippen LogP contribution in [0.15, 0.2) is 164 Å². The normalized spacial score (nSPS) is 13.8. The van der Waals surface area contributed by atoms with Gasteiger partial charge in [0.2, 0.25) is 0 Å². The van der Waals surface area contributed by atoms with Gasteiger partial charge in [0, 0.05) is 72.5 Å². The van der Waals surface area contributed by atoms with Crippen molar-refractivity contribution in [2.24, 2.45) is 0 Å². The largest absolute Gasteiger partial charge is 0.310 e. The van der Waals surface area contributed by atoms with Gasteiger partial charge in [0.15, 0.2) is 0 Å². The first-order chi connectivity index (χ1) is 35.5. The van der Waals surface area contributed by atoms with Crippen LogP contribution in [0.4, 0.5) is 21.5 Å². The van der Waals surface area contributed by atoms with Gasteiger partial charge >= 0.3 is 0 Å². The fourth-order valence-electron chi connectivity index (χ4n) is 11.4. The van der Waals surface area contributed by atoms with E-state index in [1.54, 1.807) is 28.7 Å². The van der Waals surface area contributed by atoms with E-state index in [0.29, 0.717) is 11.1 Å². The number of aromatic nitrogens is 2. The first-order valence-corrected chi connectivity index (χ1v) is 29.3. The van der Waals surface area contributed by atoms with Gasteiger partial charge in [-0.15, -0.1) is 45.3 Å². The van der Waals surface area contributed by atoms with Gasteiger partial charge in [-0.1, -0.05) is 127 Å². The Labute approximate surface area is 447 Å². The lowest BCUT2D eigenvalue weighted by Gasteiger charge is -2.30. The smallest absolute Gasteiger partial charge is 0.134 e. The summed E-state index contributed by atoms with van der Waals surface area (Å²) in [6.45, 7) is 11.6. The summed E-state index contributed by atoms with van der Waals surface area (Å²) >= 11 is 8.16. The van der Waals surface area contributed by atoms with Gasteiger partial charge in [-0.2, -0.15) is 8.75 Å². The molecular weight excluding hydrogens is 990 g/mol. The van der Waals surface area contributed by atoms with Gasteiger partial charge in [0.25, 0.3) is 0 Å². The fourth-order valence-corrected chi connectivity index (χ4v) is 16.3. The lowest BCUT2D eigenvalue weighted by molar-refractivity contribution is 0.633. The Morgan fingerprint density at radius 3 is 1.59 bits per heavy atom. The molecule has 0 aliphatic heterocycles. The number of fused-ring (bicyclic) bond motifs is 7. The number of anilines is 3. The minimum Gasteiger partial charge on any atom is -0.310 e. The molecule has 360 valence electrons. The van der Waals surface area contributed by atoms with Crippen LogP contribution in [0.2, 0.25) is 0 Å². The zero-order chi connectivity index (χ0) is 49.6. The highest BCUT2D eigenvalue weighted by Gasteiger charge is 2.38. The number of unbranched alkanes of at least 4 members (excludes halogenated alkanes) is 3. The summed E-state index contributed by atoms with van der Waals surface area (Å²) in [6, 6.07) is 59.7. The van der Waals surface area contributed by atoms with Crippen molar-refractivity contribution in [3.63, 3.8) is 0 Å².